The van der Waals surface area contributed by atoms with Gasteiger partial charge in [0.1, 0.15) is 0 Å². The highest BCUT2D eigenvalue weighted by Crippen LogP contribution is 2.21. The zero-order chi connectivity index (χ0) is 20.5. The van der Waals surface area contributed by atoms with Crippen LogP contribution in [0.1, 0.15) is 23.1 Å². The van der Waals surface area contributed by atoms with E-state index in [-0.39, 0.29) is 12.5 Å². The van der Waals surface area contributed by atoms with Gasteiger partial charge in [-0.05, 0) is 23.1 Å². The summed E-state index contributed by atoms with van der Waals surface area (Å²) in [5.41, 5.74) is 3.33. The van der Waals surface area contributed by atoms with Gasteiger partial charge in [-0.15, -0.1) is 0 Å². The first-order valence-corrected chi connectivity index (χ1v) is 9.87. The third-order valence-electron chi connectivity index (χ3n) is 5.04. The maximum atomic E-state index is 11.3. The molecule has 0 saturated heterocycles. The second-order valence-corrected chi connectivity index (χ2v) is 7.30. The van der Waals surface area contributed by atoms with Crippen molar-refractivity contribution in [1.29, 1.82) is 0 Å². The molecule has 0 bridgehead atoms. The number of aliphatic hydroxyl groups is 1. The number of rotatable bonds is 10. The van der Waals surface area contributed by atoms with Crippen molar-refractivity contribution in [3.05, 3.63) is 108 Å². The van der Waals surface area contributed by atoms with Crippen LogP contribution in [0.4, 0.5) is 0 Å². The van der Waals surface area contributed by atoms with Gasteiger partial charge in [0.15, 0.2) is 0 Å². The fourth-order valence-electron chi connectivity index (χ4n) is 3.61. The largest absolute Gasteiger partial charge is 0.481 e. The van der Waals surface area contributed by atoms with Gasteiger partial charge in [-0.1, -0.05) is 91.0 Å². The van der Waals surface area contributed by atoms with Crippen LogP contribution in [-0.4, -0.2) is 33.2 Å². The van der Waals surface area contributed by atoms with E-state index >= 15 is 0 Å². The standard InChI is InChI=1S/C25H27NO3/c27-24(17-25(28)29)23(16-20-10-4-1-5-11-20)26(18-21-12-6-2-7-13-21)19-22-14-8-3-9-15-22/h1-15,23-24,27H,16-19H2,(H,28,29)/t23-,24-/m0/s1. The van der Waals surface area contributed by atoms with E-state index in [0.29, 0.717) is 19.5 Å². The number of carboxylic acid groups (broad SMARTS) is 1. The zero-order valence-corrected chi connectivity index (χ0v) is 16.4. The molecule has 0 fully saturated rings. The monoisotopic (exact) mass is 389 g/mol. The van der Waals surface area contributed by atoms with Gasteiger partial charge in [0.25, 0.3) is 0 Å². The second-order valence-electron chi connectivity index (χ2n) is 7.30. The van der Waals surface area contributed by atoms with Crippen molar-refractivity contribution in [3.63, 3.8) is 0 Å². The third-order valence-corrected chi connectivity index (χ3v) is 5.04. The molecule has 0 aromatic heterocycles. The van der Waals surface area contributed by atoms with Gasteiger partial charge >= 0.3 is 5.97 Å². The van der Waals surface area contributed by atoms with Crippen LogP contribution >= 0.6 is 0 Å². The summed E-state index contributed by atoms with van der Waals surface area (Å²) in [6.45, 7) is 1.26. The number of aliphatic hydroxyl groups excluding tert-OH is 1. The Morgan fingerprint density at radius 3 is 1.55 bits per heavy atom. The quantitative estimate of drug-likeness (QED) is 0.547. The van der Waals surface area contributed by atoms with Gasteiger partial charge in [-0.3, -0.25) is 9.69 Å². The summed E-state index contributed by atoms with van der Waals surface area (Å²) in [4.78, 5) is 13.5. The molecule has 150 valence electrons. The van der Waals surface area contributed by atoms with Crippen molar-refractivity contribution in [3.8, 4) is 0 Å². The SMILES string of the molecule is O=C(O)C[C@H](O)[C@H](Cc1ccccc1)N(Cc1ccccc1)Cc1ccccc1. The van der Waals surface area contributed by atoms with Crippen LogP contribution in [-0.2, 0) is 24.3 Å². The first kappa shape index (κ1) is 20.8. The summed E-state index contributed by atoms with van der Waals surface area (Å²) in [6.07, 6.45) is -0.674. The highest BCUT2D eigenvalue weighted by molar-refractivity contribution is 5.67. The fraction of sp³-hybridized carbons (Fsp3) is 0.240. The van der Waals surface area contributed by atoms with E-state index < -0.39 is 12.1 Å². The number of hydrogen-bond acceptors (Lipinski definition) is 3. The van der Waals surface area contributed by atoms with Crippen LogP contribution in [0.3, 0.4) is 0 Å². The van der Waals surface area contributed by atoms with E-state index in [1.807, 2.05) is 66.7 Å². The Bertz CT molecular complexity index is 827. The van der Waals surface area contributed by atoms with Crippen LogP contribution in [0.15, 0.2) is 91.0 Å². The number of nitrogens with zero attached hydrogens (tertiary/aromatic N) is 1. The molecule has 3 rings (SSSR count). The lowest BCUT2D eigenvalue weighted by atomic mass is 9.96. The Morgan fingerprint density at radius 1 is 0.724 bits per heavy atom. The summed E-state index contributed by atoms with van der Waals surface area (Å²) in [5.74, 6) is -0.991. The normalized spacial score (nSPS) is 13.2. The Hall–Kier alpha value is -2.95. The minimum Gasteiger partial charge on any atom is -0.481 e. The summed E-state index contributed by atoms with van der Waals surface area (Å²) in [7, 11) is 0. The van der Waals surface area contributed by atoms with Crippen molar-refractivity contribution in [2.24, 2.45) is 0 Å². The number of carbonyl (C=O) groups is 1. The number of aliphatic carboxylic acids is 1. The molecule has 4 nitrogen and oxygen atoms in total. The topological polar surface area (TPSA) is 60.8 Å². The lowest BCUT2D eigenvalue weighted by molar-refractivity contribution is -0.140. The van der Waals surface area contributed by atoms with E-state index in [1.165, 1.54) is 0 Å². The average molecular weight is 389 g/mol. The van der Waals surface area contributed by atoms with E-state index in [9.17, 15) is 15.0 Å². The Labute approximate surface area is 172 Å². The predicted octanol–water partition coefficient (Wildman–Crippen LogP) is 4.14. The highest BCUT2D eigenvalue weighted by Gasteiger charge is 2.28. The molecule has 2 N–H and O–H groups in total. The second kappa shape index (κ2) is 10.6. The molecular formula is C25H27NO3. The molecular weight excluding hydrogens is 362 g/mol. The van der Waals surface area contributed by atoms with Crippen molar-refractivity contribution in [1.82, 2.24) is 4.90 Å². The number of carboxylic acids is 1. The molecule has 0 amide bonds. The molecule has 0 spiro atoms. The zero-order valence-electron chi connectivity index (χ0n) is 16.4. The van der Waals surface area contributed by atoms with Gasteiger partial charge < -0.3 is 10.2 Å². The van der Waals surface area contributed by atoms with Crippen molar-refractivity contribution in [2.75, 3.05) is 0 Å². The number of hydrogen-bond donors (Lipinski definition) is 2. The van der Waals surface area contributed by atoms with Crippen molar-refractivity contribution >= 4 is 5.97 Å². The molecule has 0 aliphatic heterocycles. The van der Waals surface area contributed by atoms with Gasteiger partial charge in [0.05, 0.1) is 12.5 Å². The molecule has 2 atom stereocenters. The van der Waals surface area contributed by atoms with E-state index in [1.54, 1.807) is 0 Å². The molecule has 0 saturated carbocycles. The molecule has 0 radical (unpaired) electrons. The summed E-state index contributed by atoms with van der Waals surface area (Å²) < 4.78 is 0. The Balaban J connectivity index is 1.91. The lowest BCUT2D eigenvalue weighted by Gasteiger charge is -2.35. The van der Waals surface area contributed by atoms with Crippen LogP contribution in [0.2, 0.25) is 0 Å². The van der Waals surface area contributed by atoms with Crippen LogP contribution < -0.4 is 0 Å². The smallest absolute Gasteiger partial charge is 0.306 e. The van der Waals surface area contributed by atoms with E-state index in [2.05, 4.69) is 29.2 Å². The van der Waals surface area contributed by atoms with Crippen LogP contribution in [0.5, 0.6) is 0 Å². The van der Waals surface area contributed by atoms with Crippen LogP contribution in [0.25, 0.3) is 0 Å². The molecule has 0 unspecified atom stereocenters. The first-order chi connectivity index (χ1) is 14.1. The van der Waals surface area contributed by atoms with E-state index in [4.69, 9.17) is 0 Å². The predicted molar refractivity (Wildman–Crippen MR) is 114 cm³/mol. The Kier molecular flexibility index (Phi) is 7.56. The van der Waals surface area contributed by atoms with Gasteiger partial charge in [0.2, 0.25) is 0 Å². The van der Waals surface area contributed by atoms with Crippen LogP contribution in [0, 0.1) is 0 Å². The van der Waals surface area contributed by atoms with Crippen molar-refractivity contribution < 1.29 is 15.0 Å². The molecule has 3 aromatic rings. The minimum absolute atomic E-state index is 0.280. The molecule has 29 heavy (non-hydrogen) atoms. The maximum Gasteiger partial charge on any atom is 0.306 e. The van der Waals surface area contributed by atoms with Gasteiger partial charge in [-0.25, -0.2) is 0 Å². The molecule has 4 heteroatoms. The summed E-state index contributed by atoms with van der Waals surface area (Å²) in [5, 5.41) is 20.1. The first-order valence-electron chi connectivity index (χ1n) is 9.87. The molecule has 0 aliphatic rings. The highest BCUT2D eigenvalue weighted by atomic mass is 16.4. The number of benzene rings is 3. The van der Waals surface area contributed by atoms with Gasteiger partial charge in [0, 0.05) is 19.1 Å². The van der Waals surface area contributed by atoms with Gasteiger partial charge in [-0.2, -0.15) is 0 Å². The van der Waals surface area contributed by atoms with E-state index in [0.717, 1.165) is 16.7 Å². The molecule has 0 aliphatic carbocycles. The van der Waals surface area contributed by atoms with Crippen molar-refractivity contribution in [2.45, 2.75) is 38.1 Å². The fourth-order valence-corrected chi connectivity index (χ4v) is 3.61. The lowest BCUT2D eigenvalue weighted by Crippen LogP contribution is -2.45. The maximum absolute atomic E-state index is 11.3. The third kappa shape index (κ3) is 6.56. The summed E-state index contributed by atoms with van der Waals surface area (Å²) in [6, 6.07) is 29.8. The summed E-state index contributed by atoms with van der Waals surface area (Å²) >= 11 is 0. The average Bonchev–Trinajstić information content (AvgIpc) is 2.73. The Morgan fingerprint density at radius 2 is 1.14 bits per heavy atom. The molecule has 0 heterocycles. The minimum atomic E-state index is -0.991. The molecule has 3 aromatic carbocycles.